The molecule has 25 heavy (non-hydrogen) atoms. The first-order chi connectivity index (χ1) is 12.1. The van der Waals surface area contributed by atoms with E-state index in [4.69, 9.17) is 9.47 Å². The number of ether oxygens (including phenoxy) is 2. The molecule has 0 N–H and O–H groups in total. The van der Waals surface area contributed by atoms with Gasteiger partial charge in [-0.05, 0) is 39.3 Å². The SMILES string of the molecule is CCOC(=O)C(C)(C(=O)OCC)P(c1ccccc1)c1ccccc1. The van der Waals surface area contributed by atoms with E-state index in [-0.39, 0.29) is 13.2 Å². The molecule has 2 aromatic rings. The van der Waals surface area contributed by atoms with Crippen molar-refractivity contribution < 1.29 is 19.1 Å². The molecule has 0 unspecified atom stereocenters. The molecular formula is C20H23O4P. The van der Waals surface area contributed by atoms with Crippen LogP contribution in [0.2, 0.25) is 0 Å². The van der Waals surface area contributed by atoms with Crippen molar-refractivity contribution in [3.8, 4) is 0 Å². The van der Waals surface area contributed by atoms with Gasteiger partial charge in [0.2, 0.25) is 0 Å². The highest BCUT2D eigenvalue weighted by atomic mass is 31.1. The van der Waals surface area contributed by atoms with Gasteiger partial charge in [-0.2, -0.15) is 0 Å². The number of hydrogen-bond acceptors (Lipinski definition) is 4. The Kier molecular flexibility index (Phi) is 6.72. The van der Waals surface area contributed by atoms with E-state index >= 15 is 0 Å². The topological polar surface area (TPSA) is 52.6 Å². The zero-order valence-corrected chi connectivity index (χ0v) is 15.7. The van der Waals surface area contributed by atoms with Gasteiger partial charge in [0.1, 0.15) is 0 Å². The fraction of sp³-hybridized carbons (Fsp3) is 0.300. The molecule has 0 amide bonds. The molecule has 132 valence electrons. The lowest BCUT2D eigenvalue weighted by Crippen LogP contribution is -2.48. The Morgan fingerprint density at radius 1 is 0.800 bits per heavy atom. The van der Waals surface area contributed by atoms with Crippen LogP contribution >= 0.6 is 7.92 Å². The summed E-state index contributed by atoms with van der Waals surface area (Å²) in [5.41, 5.74) is 0. The standard InChI is InChI=1S/C20H23O4P/c1-4-23-18(21)20(3,19(22)24-5-2)25(16-12-8-6-9-13-16)17-14-10-7-11-15-17/h6-15H,4-5H2,1-3H3. The zero-order chi connectivity index (χ0) is 18.3. The number of benzene rings is 2. The van der Waals surface area contributed by atoms with Crippen LogP contribution in [-0.2, 0) is 19.1 Å². The molecule has 0 bridgehead atoms. The Labute approximate surface area is 149 Å². The van der Waals surface area contributed by atoms with E-state index in [0.29, 0.717) is 0 Å². The van der Waals surface area contributed by atoms with Crippen molar-refractivity contribution in [1.29, 1.82) is 0 Å². The van der Waals surface area contributed by atoms with Gasteiger partial charge in [-0.3, -0.25) is 9.59 Å². The average Bonchev–Trinajstić information content (AvgIpc) is 2.64. The number of carbonyl (C=O) groups is 2. The summed E-state index contributed by atoms with van der Waals surface area (Å²) in [6, 6.07) is 19.2. The molecule has 0 aliphatic rings. The van der Waals surface area contributed by atoms with E-state index in [1.165, 1.54) is 0 Å². The van der Waals surface area contributed by atoms with Gasteiger partial charge in [0.15, 0.2) is 5.16 Å². The highest BCUT2D eigenvalue weighted by molar-refractivity contribution is 7.76. The molecule has 0 heterocycles. The van der Waals surface area contributed by atoms with Crippen molar-refractivity contribution in [2.75, 3.05) is 13.2 Å². The summed E-state index contributed by atoms with van der Waals surface area (Å²) in [4.78, 5) is 25.7. The van der Waals surface area contributed by atoms with Gasteiger partial charge in [0.25, 0.3) is 0 Å². The maximum atomic E-state index is 12.9. The predicted octanol–water partition coefficient (Wildman–Crippen LogP) is 3.00. The molecule has 2 rings (SSSR count). The molecule has 0 saturated carbocycles. The maximum Gasteiger partial charge on any atom is 0.328 e. The molecule has 0 saturated heterocycles. The van der Waals surface area contributed by atoms with Crippen molar-refractivity contribution in [2.45, 2.75) is 25.9 Å². The highest BCUT2D eigenvalue weighted by Crippen LogP contribution is 2.49. The Balaban J connectivity index is 2.65. The summed E-state index contributed by atoms with van der Waals surface area (Å²) in [5.74, 6) is -1.10. The van der Waals surface area contributed by atoms with Crippen LogP contribution < -0.4 is 10.6 Å². The molecule has 0 atom stereocenters. The largest absolute Gasteiger partial charge is 0.465 e. The van der Waals surface area contributed by atoms with Gasteiger partial charge in [0, 0.05) is 0 Å². The third kappa shape index (κ3) is 4.08. The van der Waals surface area contributed by atoms with Crippen molar-refractivity contribution in [3.05, 3.63) is 60.7 Å². The molecule has 0 fully saturated rings. The first-order valence-corrected chi connectivity index (χ1v) is 9.64. The Morgan fingerprint density at radius 2 is 1.16 bits per heavy atom. The third-order valence-corrected chi connectivity index (χ3v) is 6.71. The summed E-state index contributed by atoms with van der Waals surface area (Å²) in [7, 11) is -1.35. The summed E-state index contributed by atoms with van der Waals surface area (Å²) in [6.45, 7) is 5.52. The molecule has 2 aromatic carbocycles. The maximum absolute atomic E-state index is 12.9. The minimum atomic E-state index is -1.41. The summed E-state index contributed by atoms with van der Waals surface area (Å²) in [6.07, 6.45) is 0. The van der Waals surface area contributed by atoms with E-state index in [9.17, 15) is 9.59 Å². The number of rotatable bonds is 7. The minimum Gasteiger partial charge on any atom is -0.465 e. The van der Waals surface area contributed by atoms with Crippen LogP contribution in [0.5, 0.6) is 0 Å². The van der Waals surface area contributed by atoms with Crippen LogP contribution in [0, 0.1) is 0 Å². The lowest BCUT2D eigenvalue weighted by molar-refractivity contribution is -0.158. The first-order valence-electron chi connectivity index (χ1n) is 8.30. The van der Waals surface area contributed by atoms with E-state index in [1.807, 2.05) is 60.7 Å². The molecule has 4 nitrogen and oxygen atoms in total. The molecule has 5 heteroatoms. The van der Waals surface area contributed by atoms with Crippen molar-refractivity contribution in [3.63, 3.8) is 0 Å². The molecule has 0 aromatic heterocycles. The number of hydrogen-bond donors (Lipinski definition) is 0. The normalized spacial score (nSPS) is 11.2. The predicted molar refractivity (Wildman–Crippen MR) is 101 cm³/mol. The van der Waals surface area contributed by atoms with Crippen LogP contribution in [0.3, 0.4) is 0 Å². The molecule has 0 aliphatic heterocycles. The second-order valence-corrected chi connectivity index (χ2v) is 8.12. The minimum absolute atomic E-state index is 0.209. The Morgan fingerprint density at radius 3 is 1.48 bits per heavy atom. The first kappa shape index (κ1) is 19.1. The molecule has 0 radical (unpaired) electrons. The summed E-state index contributed by atoms with van der Waals surface area (Å²) < 4.78 is 10.5. The molecular weight excluding hydrogens is 335 g/mol. The van der Waals surface area contributed by atoms with Crippen LogP contribution in [0.25, 0.3) is 0 Å². The molecule has 0 aliphatic carbocycles. The van der Waals surface area contributed by atoms with E-state index < -0.39 is 25.0 Å². The van der Waals surface area contributed by atoms with Gasteiger partial charge < -0.3 is 9.47 Å². The van der Waals surface area contributed by atoms with Crippen molar-refractivity contribution in [1.82, 2.24) is 0 Å². The van der Waals surface area contributed by atoms with Crippen LogP contribution in [-0.4, -0.2) is 30.3 Å². The average molecular weight is 358 g/mol. The number of carbonyl (C=O) groups excluding carboxylic acids is 2. The Bertz CT molecular complexity index is 643. The zero-order valence-electron chi connectivity index (χ0n) is 14.8. The third-order valence-electron chi connectivity index (χ3n) is 3.82. The molecule has 0 spiro atoms. The second-order valence-electron chi connectivity index (χ2n) is 5.52. The number of esters is 2. The highest BCUT2D eigenvalue weighted by Gasteiger charge is 2.52. The quantitative estimate of drug-likeness (QED) is 0.434. The van der Waals surface area contributed by atoms with Gasteiger partial charge in [-0.15, -0.1) is 0 Å². The monoisotopic (exact) mass is 358 g/mol. The lowest BCUT2D eigenvalue weighted by atomic mass is 10.2. The van der Waals surface area contributed by atoms with Gasteiger partial charge in [-0.1, -0.05) is 60.7 Å². The fourth-order valence-corrected chi connectivity index (χ4v) is 5.39. The van der Waals surface area contributed by atoms with Crippen LogP contribution in [0.1, 0.15) is 20.8 Å². The van der Waals surface area contributed by atoms with Crippen LogP contribution in [0.15, 0.2) is 60.7 Å². The second kappa shape index (κ2) is 8.77. The van der Waals surface area contributed by atoms with Gasteiger partial charge in [0.05, 0.1) is 13.2 Å². The van der Waals surface area contributed by atoms with E-state index in [2.05, 4.69) is 0 Å². The van der Waals surface area contributed by atoms with Gasteiger partial charge in [-0.25, -0.2) is 0 Å². The van der Waals surface area contributed by atoms with Crippen molar-refractivity contribution in [2.24, 2.45) is 0 Å². The van der Waals surface area contributed by atoms with Gasteiger partial charge >= 0.3 is 11.9 Å². The smallest absolute Gasteiger partial charge is 0.328 e. The lowest BCUT2D eigenvalue weighted by Gasteiger charge is -2.34. The Hall–Kier alpha value is -2.19. The summed E-state index contributed by atoms with van der Waals surface area (Å²) in [5, 5.41) is 0.434. The summed E-state index contributed by atoms with van der Waals surface area (Å²) >= 11 is 0. The van der Waals surface area contributed by atoms with Crippen LogP contribution in [0.4, 0.5) is 0 Å². The fourth-order valence-electron chi connectivity index (χ4n) is 2.63. The van der Waals surface area contributed by atoms with Crippen molar-refractivity contribution >= 4 is 30.5 Å². The van der Waals surface area contributed by atoms with E-state index in [1.54, 1.807) is 20.8 Å². The van der Waals surface area contributed by atoms with E-state index in [0.717, 1.165) is 10.6 Å².